The minimum atomic E-state index is -4.32. The monoisotopic (exact) mass is 362 g/mol. The molecule has 0 spiro atoms. The van der Waals surface area contributed by atoms with E-state index in [1.807, 2.05) is 24.3 Å². The molecule has 0 aromatic heterocycles. The standard InChI is InChI=1S/C20H21F3N2O/c21-20(22,23)17-9-7-16(8-10-17)15-5-3-14(4-6-15)11-13-25-19(26)18-2-1-12-24-18/h3-10,18,24H,1-2,11-13H2,(H,25,26). The van der Waals surface area contributed by atoms with Crippen LogP contribution in [0, 0.1) is 0 Å². The van der Waals surface area contributed by atoms with E-state index in [1.165, 1.54) is 12.1 Å². The summed E-state index contributed by atoms with van der Waals surface area (Å²) in [6.45, 7) is 1.46. The predicted octanol–water partition coefficient (Wildman–Crippen LogP) is 3.78. The Morgan fingerprint density at radius 3 is 2.19 bits per heavy atom. The van der Waals surface area contributed by atoms with Crippen LogP contribution in [0.2, 0.25) is 0 Å². The van der Waals surface area contributed by atoms with Crippen molar-refractivity contribution in [2.24, 2.45) is 0 Å². The van der Waals surface area contributed by atoms with Gasteiger partial charge in [-0.05, 0) is 54.6 Å². The Labute approximate surface area is 150 Å². The molecule has 2 aromatic carbocycles. The summed E-state index contributed by atoms with van der Waals surface area (Å²) in [7, 11) is 0. The Bertz CT molecular complexity index is 733. The van der Waals surface area contributed by atoms with Crippen LogP contribution >= 0.6 is 0 Å². The lowest BCUT2D eigenvalue weighted by molar-refractivity contribution is -0.137. The van der Waals surface area contributed by atoms with Crippen molar-refractivity contribution in [3.05, 3.63) is 59.7 Å². The fourth-order valence-corrected chi connectivity index (χ4v) is 3.08. The Kier molecular flexibility index (Phi) is 5.61. The van der Waals surface area contributed by atoms with Crippen LogP contribution in [0.5, 0.6) is 0 Å². The van der Waals surface area contributed by atoms with E-state index in [2.05, 4.69) is 10.6 Å². The van der Waals surface area contributed by atoms with Gasteiger partial charge in [-0.2, -0.15) is 13.2 Å². The van der Waals surface area contributed by atoms with E-state index in [9.17, 15) is 18.0 Å². The lowest BCUT2D eigenvalue weighted by Crippen LogP contribution is -2.41. The number of halogens is 3. The minimum Gasteiger partial charge on any atom is -0.354 e. The molecule has 1 atom stereocenters. The van der Waals surface area contributed by atoms with Gasteiger partial charge in [0.2, 0.25) is 5.91 Å². The Hall–Kier alpha value is -2.34. The summed E-state index contributed by atoms with van der Waals surface area (Å²) >= 11 is 0. The first-order valence-electron chi connectivity index (χ1n) is 8.71. The van der Waals surface area contributed by atoms with Crippen LogP contribution in [-0.4, -0.2) is 25.0 Å². The van der Waals surface area contributed by atoms with Gasteiger partial charge in [0.15, 0.2) is 0 Å². The number of amides is 1. The normalized spacial score (nSPS) is 17.3. The zero-order chi connectivity index (χ0) is 18.6. The van der Waals surface area contributed by atoms with E-state index in [-0.39, 0.29) is 11.9 Å². The first-order valence-corrected chi connectivity index (χ1v) is 8.71. The number of benzene rings is 2. The fraction of sp³-hybridized carbons (Fsp3) is 0.350. The summed E-state index contributed by atoms with van der Waals surface area (Å²) in [5.41, 5.74) is 2.03. The molecular formula is C20H21F3N2O. The van der Waals surface area contributed by atoms with Gasteiger partial charge in [-0.25, -0.2) is 0 Å². The van der Waals surface area contributed by atoms with Crippen LogP contribution in [-0.2, 0) is 17.4 Å². The molecule has 1 saturated heterocycles. The van der Waals surface area contributed by atoms with Crippen molar-refractivity contribution in [2.75, 3.05) is 13.1 Å². The maximum Gasteiger partial charge on any atom is 0.416 e. The van der Waals surface area contributed by atoms with E-state index in [0.29, 0.717) is 13.0 Å². The SMILES string of the molecule is O=C(NCCc1ccc(-c2ccc(C(F)(F)F)cc2)cc1)C1CCCN1. The zero-order valence-electron chi connectivity index (χ0n) is 14.3. The zero-order valence-corrected chi connectivity index (χ0v) is 14.3. The van der Waals surface area contributed by atoms with Gasteiger partial charge >= 0.3 is 6.18 Å². The molecule has 0 bridgehead atoms. The molecule has 3 nitrogen and oxygen atoms in total. The molecular weight excluding hydrogens is 341 g/mol. The molecule has 2 N–H and O–H groups in total. The minimum absolute atomic E-state index is 0.0453. The molecule has 2 aromatic rings. The smallest absolute Gasteiger partial charge is 0.354 e. The number of alkyl halides is 3. The highest BCUT2D eigenvalue weighted by Crippen LogP contribution is 2.31. The molecule has 1 aliphatic rings. The van der Waals surface area contributed by atoms with Crippen molar-refractivity contribution in [3.8, 4) is 11.1 Å². The number of nitrogens with one attached hydrogen (secondary N) is 2. The molecule has 6 heteroatoms. The third-order valence-electron chi connectivity index (χ3n) is 4.59. The van der Waals surface area contributed by atoms with E-state index in [1.54, 1.807) is 0 Å². The van der Waals surface area contributed by atoms with Crippen LogP contribution in [0.25, 0.3) is 11.1 Å². The molecule has 3 rings (SSSR count). The topological polar surface area (TPSA) is 41.1 Å². The largest absolute Gasteiger partial charge is 0.416 e. The quantitative estimate of drug-likeness (QED) is 0.850. The molecule has 138 valence electrons. The molecule has 0 aliphatic carbocycles. The highest BCUT2D eigenvalue weighted by molar-refractivity contribution is 5.82. The van der Waals surface area contributed by atoms with Crippen molar-refractivity contribution < 1.29 is 18.0 Å². The van der Waals surface area contributed by atoms with Crippen LogP contribution in [0.3, 0.4) is 0 Å². The average Bonchev–Trinajstić information content (AvgIpc) is 3.16. The lowest BCUT2D eigenvalue weighted by atomic mass is 10.0. The fourth-order valence-electron chi connectivity index (χ4n) is 3.08. The third-order valence-corrected chi connectivity index (χ3v) is 4.59. The number of carbonyl (C=O) groups is 1. The highest BCUT2D eigenvalue weighted by Gasteiger charge is 2.29. The molecule has 1 heterocycles. The molecule has 1 unspecified atom stereocenters. The summed E-state index contributed by atoms with van der Waals surface area (Å²) in [4.78, 5) is 11.9. The van der Waals surface area contributed by atoms with Gasteiger partial charge in [-0.15, -0.1) is 0 Å². The van der Waals surface area contributed by atoms with Crippen molar-refractivity contribution >= 4 is 5.91 Å². The lowest BCUT2D eigenvalue weighted by Gasteiger charge is -2.11. The summed E-state index contributed by atoms with van der Waals surface area (Å²) in [6.07, 6.45) is -1.69. The second kappa shape index (κ2) is 7.91. The summed E-state index contributed by atoms with van der Waals surface area (Å²) in [5.74, 6) is 0.0453. The molecule has 26 heavy (non-hydrogen) atoms. The molecule has 0 saturated carbocycles. The highest BCUT2D eigenvalue weighted by atomic mass is 19.4. The van der Waals surface area contributed by atoms with E-state index in [0.717, 1.165) is 48.2 Å². The van der Waals surface area contributed by atoms with Crippen molar-refractivity contribution in [3.63, 3.8) is 0 Å². The Balaban J connectivity index is 1.54. The number of hydrogen-bond donors (Lipinski definition) is 2. The van der Waals surface area contributed by atoms with Gasteiger partial charge in [-0.1, -0.05) is 36.4 Å². The first-order chi connectivity index (χ1) is 12.4. The van der Waals surface area contributed by atoms with Gasteiger partial charge in [0.1, 0.15) is 0 Å². The van der Waals surface area contributed by atoms with Crippen LogP contribution < -0.4 is 10.6 Å². The van der Waals surface area contributed by atoms with Gasteiger partial charge in [0.25, 0.3) is 0 Å². The van der Waals surface area contributed by atoms with Crippen molar-refractivity contribution in [1.82, 2.24) is 10.6 Å². The Morgan fingerprint density at radius 2 is 1.65 bits per heavy atom. The molecule has 1 fully saturated rings. The van der Waals surface area contributed by atoms with Gasteiger partial charge < -0.3 is 10.6 Å². The van der Waals surface area contributed by atoms with E-state index in [4.69, 9.17) is 0 Å². The molecule has 0 radical (unpaired) electrons. The number of carbonyl (C=O) groups excluding carboxylic acids is 1. The number of hydrogen-bond acceptors (Lipinski definition) is 2. The Morgan fingerprint density at radius 1 is 1.04 bits per heavy atom. The molecule has 1 aliphatic heterocycles. The number of rotatable bonds is 5. The van der Waals surface area contributed by atoms with E-state index < -0.39 is 11.7 Å². The summed E-state index contributed by atoms with van der Waals surface area (Å²) < 4.78 is 37.8. The van der Waals surface area contributed by atoms with Crippen LogP contribution in [0.4, 0.5) is 13.2 Å². The average molecular weight is 362 g/mol. The molecule has 1 amide bonds. The maximum atomic E-state index is 12.6. The third kappa shape index (κ3) is 4.64. The second-order valence-corrected chi connectivity index (χ2v) is 6.46. The van der Waals surface area contributed by atoms with Crippen molar-refractivity contribution in [2.45, 2.75) is 31.5 Å². The predicted molar refractivity (Wildman–Crippen MR) is 94.6 cm³/mol. The maximum absolute atomic E-state index is 12.6. The summed E-state index contributed by atoms with van der Waals surface area (Å²) in [5, 5.41) is 6.09. The summed E-state index contributed by atoms with van der Waals surface area (Å²) in [6, 6.07) is 12.7. The van der Waals surface area contributed by atoms with Gasteiger partial charge in [-0.3, -0.25) is 4.79 Å². The van der Waals surface area contributed by atoms with Crippen LogP contribution in [0.15, 0.2) is 48.5 Å². The van der Waals surface area contributed by atoms with Crippen molar-refractivity contribution in [1.29, 1.82) is 0 Å². The van der Waals surface area contributed by atoms with Gasteiger partial charge in [0.05, 0.1) is 11.6 Å². The van der Waals surface area contributed by atoms with Gasteiger partial charge in [0, 0.05) is 6.54 Å². The first kappa shape index (κ1) is 18.5. The van der Waals surface area contributed by atoms with E-state index >= 15 is 0 Å². The van der Waals surface area contributed by atoms with Crippen LogP contribution in [0.1, 0.15) is 24.0 Å². The second-order valence-electron chi connectivity index (χ2n) is 6.46.